The quantitative estimate of drug-likeness (QED) is 0.0507. The average Bonchev–Trinajstić information content (AvgIpc) is 3.47. The molecule has 0 radical (unpaired) electrons. The van der Waals surface area contributed by atoms with Crippen molar-refractivity contribution in [3.63, 3.8) is 0 Å². The summed E-state index contributed by atoms with van der Waals surface area (Å²) < 4.78 is 73.9. The summed E-state index contributed by atoms with van der Waals surface area (Å²) in [5, 5.41) is 0. The number of esters is 1. The second-order valence-electron chi connectivity index (χ2n) is 18.2. The molecule has 74 heavy (non-hydrogen) atoms. The van der Waals surface area contributed by atoms with Crippen molar-refractivity contribution in [2.45, 2.75) is 108 Å². The van der Waals surface area contributed by atoms with Crippen molar-refractivity contribution in [1.29, 1.82) is 0 Å². The number of hydrogen-bond donors (Lipinski definition) is 0. The third kappa shape index (κ3) is 14.9. The van der Waals surface area contributed by atoms with Gasteiger partial charge in [0.2, 0.25) is 0 Å². The molecule has 0 N–H and O–H groups in total. The first kappa shape index (κ1) is 52.5. The third-order valence-electron chi connectivity index (χ3n) is 12.9. The lowest BCUT2D eigenvalue weighted by Crippen LogP contribution is -2.64. The summed E-state index contributed by atoms with van der Waals surface area (Å²) >= 11 is 0. The van der Waals surface area contributed by atoms with E-state index in [9.17, 15) is 4.79 Å². The van der Waals surface area contributed by atoms with Crippen LogP contribution in [0.2, 0.25) is 0 Å². The summed E-state index contributed by atoms with van der Waals surface area (Å²) in [5.41, 5.74) is 6.41. The Labute approximate surface area is 433 Å². The lowest BCUT2D eigenvalue weighted by atomic mass is 9.96. The van der Waals surface area contributed by atoms with Gasteiger partial charge in [0.1, 0.15) is 49.3 Å². The summed E-state index contributed by atoms with van der Waals surface area (Å²) in [6.45, 7) is 1.11. The van der Waals surface area contributed by atoms with Gasteiger partial charge in [-0.25, -0.2) is 4.79 Å². The van der Waals surface area contributed by atoms with Crippen LogP contribution in [0.25, 0.3) is 0 Å². The van der Waals surface area contributed by atoms with Crippen LogP contribution in [0.4, 0.5) is 0 Å². The Bertz CT molecular complexity index is 2650. The summed E-state index contributed by atoms with van der Waals surface area (Å²) in [6.07, 6.45) is -9.48. The number of rotatable bonds is 25. The molecule has 384 valence electrons. The van der Waals surface area contributed by atoms with Crippen LogP contribution in [-0.2, 0) is 103 Å². The molecule has 2 fully saturated rings. The fraction of sp³-hybridized carbons (Fsp3) is 0.306. The Kier molecular flexibility index (Phi) is 19.7. The molecule has 12 heteroatoms. The molecule has 10 atom stereocenters. The molecule has 0 aromatic heterocycles. The van der Waals surface area contributed by atoms with Gasteiger partial charge in [0.05, 0.1) is 46.2 Å². The first-order chi connectivity index (χ1) is 36.6. The number of hydrogen-bond acceptors (Lipinski definition) is 12. The van der Waals surface area contributed by atoms with E-state index >= 15 is 0 Å². The number of carbonyl (C=O) groups is 1. The van der Waals surface area contributed by atoms with Gasteiger partial charge in [0, 0.05) is 7.11 Å². The highest BCUT2D eigenvalue weighted by Crippen LogP contribution is 2.35. The van der Waals surface area contributed by atoms with Gasteiger partial charge < -0.3 is 52.1 Å². The van der Waals surface area contributed by atoms with Crippen LogP contribution in [0.3, 0.4) is 0 Å². The van der Waals surface area contributed by atoms with Gasteiger partial charge in [0.25, 0.3) is 0 Å². The van der Waals surface area contributed by atoms with Crippen molar-refractivity contribution in [3.8, 4) is 0 Å². The van der Waals surface area contributed by atoms with Crippen LogP contribution < -0.4 is 0 Å². The van der Waals surface area contributed by atoms with Crippen LogP contribution in [0.5, 0.6) is 0 Å². The van der Waals surface area contributed by atoms with Crippen molar-refractivity contribution in [2.24, 2.45) is 0 Å². The van der Waals surface area contributed by atoms with E-state index in [1.54, 1.807) is 7.11 Å². The maximum atomic E-state index is 14.7. The van der Waals surface area contributed by atoms with Crippen LogP contribution in [0.1, 0.15) is 38.9 Å². The van der Waals surface area contributed by atoms with E-state index in [0.717, 1.165) is 38.9 Å². The minimum atomic E-state index is -1.33. The molecule has 2 aliphatic rings. The fourth-order valence-corrected chi connectivity index (χ4v) is 9.05. The fourth-order valence-electron chi connectivity index (χ4n) is 9.05. The van der Waals surface area contributed by atoms with Crippen molar-refractivity contribution < 1.29 is 56.9 Å². The van der Waals surface area contributed by atoms with Gasteiger partial charge in [-0.1, -0.05) is 212 Å². The lowest BCUT2D eigenvalue weighted by molar-refractivity contribution is -0.347. The van der Waals surface area contributed by atoms with Gasteiger partial charge in [-0.15, -0.1) is 0 Å². The summed E-state index contributed by atoms with van der Waals surface area (Å²) in [6, 6.07) is 68.6. The standard InChI is InChI=1S/C62H64O12/c1-64-61-58(69-41-49-31-17-6-18-32-49)54(66-38-46-25-11-3-12-26-46)53(65-37-45-23-9-2-10-24-45)52(73-61)44-72-62-59(70-42-50-33-19-7-20-34-50)56(68-40-48-29-15-5-16-30-48)55(67-39-47-27-13-4-14-28-47)57(74-62)60(63)71-43-51-35-21-8-22-36-51/h2-36,52-59,61-62H,37-44H2,1H3/t52-,53-,54+,55-,56+,57+,58-,59-,61+,62-/m1/s1. The number of methoxy groups -OCH3 is 1. The van der Waals surface area contributed by atoms with Gasteiger partial charge in [-0.05, 0) is 38.9 Å². The first-order valence-electron chi connectivity index (χ1n) is 25.2. The second-order valence-corrected chi connectivity index (χ2v) is 18.2. The van der Waals surface area contributed by atoms with Gasteiger partial charge in [-0.3, -0.25) is 0 Å². The number of benzene rings is 7. The normalized spacial score (nSPS) is 23.7. The van der Waals surface area contributed by atoms with Crippen molar-refractivity contribution >= 4 is 5.97 Å². The van der Waals surface area contributed by atoms with E-state index in [0.29, 0.717) is 0 Å². The molecule has 2 heterocycles. The Balaban J connectivity index is 1.06. The molecular formula is C62H64O12. The molecule has 0 spiro atoms. The molecule has 2 aliphatic heterocycles. The zero-order valence-electron chi connectivity index (χ0n) is 41.5. The van der Waals surface area contributed by atoms with Crippen LogP contribution >= 0.6 is 0 Å². The first-order valence-corrected chi connectivity index (χ1v) is 25.2. The lowest BCUT2D eigenvalue weighted by Gasteiger charge is -2.47. The maximum Gasteiger partial charge on any atom is 0.338 e. The zero-order chi connectivity index (χ0) is 50.6. The SMILES string of the molecule is CO[C@H]1O[C@H](CO[C@@H]2O[C@H](C(=O)OCc3ccccc3)[C@H](OCc3ccccc3)[C@H](OCc3ccccc3)[C@H]2OCc2ccccc2)[C@@H](OCc2ccccc2)[C@H](OCc2ccccc2)[C@H]1OCc1ccccc1. The van der Waals surface area contributed by atoms with Gasteiger partial charge in [0.15, 0.2) is 18.7 Å². The molecule has 0 aliphatic carbocycles. The maximum absolute atomic E-state index is 14.7. The minimum Gasteiger partial charge on any atom is -0.459 e. The predicted molar refractivity (Wildman–Crippen MR) is 277 cm³/mol. The molecule has 0 saturated carbocycles. The van der Waals surface area contributed by atoms with E-state index in [4.69, 9.17) is 52.1 Å². The summed E-state index contributed by atoms with van der Waals surface area (Å²) in [7, 11) is 1.58. The smallest absolute Gasteiger partial charge is 0.338 e. The Hall–Kier alpha value is -6.39. The van der Waals surface area contributed by atoms with E-state index in [2.05, 4.69) is 0 Å². The highest BCUT2D eigenvalue weighted by molar-refractivity contribution is 5.76. The molecule has 0 unspecified atom stereocenters. The van der Waals surface area contributed by atoms with E-state index in [1.165, 1.54) is 0 Å². The number of carbonyl (C=O) groups excluding carboxylic acids is 1. The Morgan fingerprint density at radius 2 is 0.635 bits per heavy atom. The zero-order valence-corrected chi connectivity index (χ0v) is 41.5. The third-order valence-corrected chi connectivity index (χ3v) is 12.9. The monoisotopic (exact) mass is 1000 g/mol. The summed E-state index contributed by atoms with van der Waals surface area (Å²) in [5.74, 6) is -0.652. The van der Waals surface area contributed by atoms with Crippen LogP contribution in [0.15, 0.2) is 212 Å². The molecular weight excluding hydrogens is 937 g/mol. The van der Waals surface area contributed by atoms with Crippen LogP contribution in [0, 0.1) is 0 Å². The molecule has 7 aromatic carbocycles. The second kappa shape index (κ2) is 27.8. The van der Waals surface area contributed by atoms with E-state index in [1.807, 2.05) is 212 Å². The van der Waals surface area contributed by atoms with Gasteiger partial charge in [-0.2, -0.15) is 0 Å². The molecule has 12 nitrogen and oxygen atoms in total. The van der Waals surface area contributed by atoms with Gasteiger partial charge >= 0.3 is 5.97 Å². The largest absolute Gasteiger partial charge is 0.459 e. The topological polar surface area (TPSA) is 119 Å². The molecule has 2 saturated heterocycles. The molecule has 0 amide bonds. The Morgan fingerprint density at radius 3 is 1.00 bits per heavy atom. The molecule has 7 aromatic rings. The van der Waals surface area contributed by atoms with Crippen LogP contribution in [-0.4, -0.2) is 81.1 Å². The number of ether oxygens (including phenoxy) is 11. The highest BCUT2D eigenvalue weighted by atomic mass is 16.8. The predicted octanol–water partition coefficient (Wildman–Crippen LogP) is 10.4. The minimum absolute atomic E-state index is 0.00652. The van der Waals surface area contributed by atoms with Crippen molar-refractivity contribution in [3.05, 3.63) is 251 Å². The van der Waals surface area contributed by atoms with E-state index < -0.39 is 67.4 Å². The molecule has 0 bridgehead atoms. The summed E-state index contributed by atoms with van der Waals surface area (Å²) in [4.78, 5) is 14.7. The van der Waals surface area contributed by atoms with Crippen molar-refractivity contribution in [2.75, 3.05) is 13.7 Å². The van der Waals surface area contributed by atoms with E-state index in [-0.39, 0.29) is 52.9 Å². The van der Waals surface area contributed by atoms with Crippen molar-refractivity contribution in [1.82, 2.24) is 0 Å². The molecule has 9 rings (SSSR count). The Morgan fingerprint density at radius 1 is 0.338 bits per heavy atom. The highest BCUT2D eigenvalue weighted by Gasteiger charge is 2.54. The average molecular weight is 1000 g/mol.